The third kappa shape index (κ3) is 4.87. The summed E-state index contributed by atoms with van der Waals surface area (Å²) in [5.74, 6) is -0.114. The minimum Gasteiger partial charge on any atom is -0.326 e. The lowest BCUT2D eigenvalue weighted by molar-refractivity contribution is -0.116. The molecule has 0 saturated heterocycles. The first-order valence-electron chi connectivity index (χ1n) is 9.46. The molecule has 0 atom stereocenters. The number of hydrogen-bond acceptors (Lipinski definition) is 5. The van der Waals surface area contributed by atoms with E-state index in [0.29, 0.717) is 22.8 Å². The van der Waals surface area contributed by atoms with Crippen molar-refractivity contribution in [1.29, 1.82) is 0 Å². The Morgan fingerprint density at radius 3 is 2.12 bits per heavy atom. The Morgan fingerprint density at radius 2 is 1.41 bits per heavy atom. The second-order valence-electron chi connectivity index (χ2n) is 7.11. The first-order chi connectivity index (χ1) is 15.1. The molecule has 1 aliphatic heterocycles. The molecule has 0 aliphatic carbocycles. The Hall–Kier alpha value is -3.08. The molecule has 1 amide bonds. The average Bonchev–Trinajstić information content (AvgIpc) is 2.74. The number of fused-ring (bicyclic) bond motifs is 1. The maximum atomic E-state index is 12.9. The summed E-state index contributed by atoms with van der Waals surface area (Å²) in [5, 5.41) is 3.17. The zero-order valence-electron chi connectivity index (χ0n) is 16.5. The number of sulfonamides is 2. The SMILES string of the molecule is O=C1CCc2cc(S(=O)(=O)Nc3cccc(S(=O)(=O)Nc4ccc(Cl)cc4)c3)ccc2N1. The summed E-state index contributed by atoms with van der Waals surface area (Å²) in [6.45, 7) is 0. The van der Waals surface area contributed by atoms with E-state index in [0.717, 1.165) is 5.56 Å². The summed E-state index contributed by atoms with van der Waals surface area (Å²) in [5.41, 5.74) is 1.72. The second kappa shape index (κ2) is 8.45. The molecule has 11 heteroatoms. The van der Waals surface area contributed by atoms with Crippen LogP contribution in [-0.2, 0) is 31.3 Å². The molecule has 0 spiro atoms. The Labute approximate surface area is 190 Å². The minimum atomic E-state index is -3.98. The number of carbonyl (C=O) groups is 1. The molecular weight excluding hydrogens is 474 g/mol. The summed E-state index contributed by atoms with van der Waals surface area (Å²) >= 11 is 5.82. The summed E-state index contributed by atoms with van der Waals surface area (Å²) in [7, 11) is -7.93. The van der Waals surface area contributed by atoms with Crippen LogP contribution in [0.25, 0.3) is 0 Å². The molecule has 3 aromatic rings. The number of hydrogen-bond donors (Lipinski definition) is 3. The van der Waals surface area contributed by atoms with Gasteiger partial charge in [0.15, 0.2) is 0 Å². The van der Waals surface area contributed by atoms with Crippen LogP contribution in [0.1, 0.15) is 12.0 Å². The molecule has 0 saturated carbocycles. The van der Waals surface area contributed by atoms with Crippen molar-refractivity contribution in [3.8, 4) is 0 Å². The van der Waals surface area contributed by atoms with E-state index in [9.17, 15) is 21.6 Å². The monoisotopic (exact) mass is 491 g/mol. The van der Waals surface area contributed by atoms with Crippen LogP contribution in [-0.4, -0.2) is 22.7 Å². The van der Waals surface area contributed by atoms with Gasteiger partial charge in [-0.15, -0.1) is 0 Å². The number of benzene rings is 3. The van der Waals surface area contributed by atoms with Crippen LogP contribution >= 0.6 is 11.6 Å². The van der Waals surface area contributed by atoms with Crippen LogP contribution in [0.15, 0.2) is 76.5 Å². The molecule has 0 radical (unpaired) electrons. The number of carbonyl (C=O) groups excluding carboxylic acids is 1. The first kappa shape index (κ1) is 22.1. The number of anilines is 3. The van der Waals surface area contributed by atoms with Gasteiger partial charge in [0.1, 0.15) is 0 Å². The molecule has 0 unspecified atom stereocenters. The van der Waals surface area contributed by atoms with Gasteiger partial charge in [-0.05, 0) is 72.6 Å². The number of halogens is 1. The van der Waals surface area contributed by atoms with E-state index in [1.165, 1.54) is 54.6 Å². The first-order valence-corrected chi connectivity index (χ1v) is 12.8. The van der Waals surface area contributed by atoms with Crippen LogP contribution in [0.2, 0.25) is 5.02 Å². The van der Waals surface area contributed by atoms with E-state index in [1.807, 2.05) is 0 Å². The Kier molecular flexibility index (Phi) is 5.85. The van der Waals surface area contributed by atoms with Gasteiger partial charge in [-0.3, -0.25) is 14.2 Å². The lowest BCUT2D eigenvalue weighted by atomic mass is 10.0. The molecule has 0 aromatic heterocycles. The molecule has 166 valence electrons. The predicted molar refractivity (Wildman–Crippen MR) is 123 cm³/mol. The number of amides is 1. The van der Waals surface area contributed by atoms with Gasteiger partial charge in [-0.25, -0.2) is 16.8 Å². The second-order valence-corrected chi connectivity index (χ2v) is 10.9. The van der Waals surface area contributed by atoms with Gasteiger partial charge in [-0.1, -0.05) is 17.7 Å². The van der Waals surface area contributed by atoms with Crippen molar-refractivity contribution < 1.29 is 21.6 Å². The predicted octanol–water partition coefficient (Wildman–Crippen LogP) is 3.83. The highest BCUT2D eigenvalue weighted by Gasteiger charge is 2.21. The molecule has 0 bridgehead atoms. The molecule has 1 heterocycles. The van der Waals surface area contributed by atoms with Crippen LogP contribution in [0.4, 0.5) is 17.1 Å². The summed E-state index contributed by atoms with van der Waals surface area (Å²) in [4.78, 5) is 11.4. The van der Waals surface area contributed by atoms with Crippen molar-refractivity contribution in [2.24, 2.45) is 0 Å². The average molecular weight is 492 g/mol. The third-order valence-electron chi connectivity index (χ3n) is 4.78. The van der Waals surface area contributed by atoms with Crippen molar-refractivity contribution in [3.63, 3.8) is 0 Å². The van der Waals surface area contributed by atoms with E-state index in [2.05, 4.69) is 14.8 Å². The summed E-state index contributed by atoms with van der Waals surface area (Å²) < 4.78 is 56.0. The van der Waals surface area contributed by atoms with Crippen molar-refractivity contribution in [2.75, 3.05) is 14.8 Å². The van der Waals surface area contributed by atoms with Crippen molar-refractivity contribution >= 4 is 54.6 Å². The third-order valence-corrected chi connectivity index (χ3v) is 7.79. The summed E-state index contributed by atoms with van der Waals surface area (Å²) in [6, 6.07) is 16.0. The van der Waals surface area contributed by atoms with E-state index in [-0.39, 0.29) is 27.8 Å². The van der Waals surface area contributed by atoms with E-state index in [1.54, 1.807) is 12.1 Å². The topological polar surface area (TPSA) is 121 Å². The highest BCUT2D eigenvalue weighted by molar-refractivity contribution is 7.93. The standard InChI is InChI=1S/C21H18ClN3O5S2/c22-15-5-7-16(8-6-15)24-31(27,28)18-3-1-2-17(13-18)25-32(29,30)19-9-10-20-14(12-19)4-11-21(26)23-20/h1-3,5-10,12-13,24-25H,4,11H2,(H,23,26). The van der Waals surface area contributed by atoms with Gasteiger partial charge in [0.25, 0.3) is 20.0 Å². The van der Waals surface area contributed by atoms with Crippen LogP contribution in [0.3, 0.4) is 0 Å². The Bertz CT molecular complexity index is 1410. The zero-order chi connectivity index (χ0) is 22.9. The largest absolute Gasteiger partial charge is 0.326 e. The number of rotatable bonds is 6. The highest BCUT2D eigenvalue weighted by Crippen LogP contribution is 2.27. The quantitative estimate of drug-likeness (QED) is 0.484. The van der Waals surface area contributed by atoms with Gasteiger partial charge in [0, 0.05) is 22.8 Å². The van der Waals surface area contributed by atoms with Crippen LogP contribution in [0, 0.1) is 0 Å². The Morgan fingerprint density at radius 1 is 0.750 bits per heavy atom. The van der Waals surface area contributed by atoms with Crippen LogP contribution in [0.5, 0.6) is 0 Å². The van der Waals surface area contributed by atoms with Crippen molar-refractivity contribution in [1.82, 2.24) is 0 Å². The molecule has 1 aliphatic rings. The highest BCUT2D eigenvalue weighted by atomic mass is 35.5. The van der Waals surface area contributed by atoms with Gasteiger partial charge in [0.05, 0.1) is 15.5 Å². The number of aryl methyl sites for hydroxylation is 1. The molecule has 32 heavy (non-hydrogen) atoms. The van der Waals surface area contributed by atoms with Gasteiger partial charge >= 0.3 is 0 Å². The van der Waals surface area contributed by atoms with Crippen LogP contribution < -0.4 is 14.8 Å². The lowest BCUT2D eigenvalue weighted by Crippen LogP contribution is -2.20. The minimum absolute atomic E-state index is 0.0138. The van der Waals surface area contributed by atoms with E-state index >= 15 is 0 Å². The lowest BCUT2D eigenvalue weighted by Gasteiger charge is -2.18. The van der Waals surface area contributed by atoms with Crippen molar-refractivity contribution in [2.45, 2.75) is 22.6 Å². The molecule has 3 N–H and O–H groups in total. The van der Waals surface area contributed by atoms with Crippen molar-refractivity contribution in [3.05, 3.63) is 77.3 Å². The van der Waals surface area contributed by atoms with E-state index in [4.69, 9.17) is 11.6 Å². The van der Waals surface area contributed by atoms with Gasteiger partial charge in [-0.2, -0.15) is 0 Å². The zero-order valence-corrected chi connectivity index (χ0v) is 18.9. The fourth-order valence-electron chi connectivity index (χ4n) is 3.20. The Balaban J connectivity index is 1.57. The number of nitrogens with one attached hydrogen (secondary N) is 3. The van der Waals surface area contributed by atoms with Gasteiger partial charge in [0.2, 0.25) is 5.91 Å². The molecule has 4 rings (SSSR count). The summed E-state index contributed by atoms with van der Waals surface area (Å²) in [6.07, 6.45) is 0.721. The van der Waals surface area contributed by atoms with E-state index < -0.39 is 20.0 Å². The maximum Gasteiger partial charge on any atom is 0.261 e. The molecule has 3 aromatic carbocycles. The maximum absolute atomic E-state index is 12.9. The fourth-order valence-corrected chi connectivity index (χ4v) is 5.53. The smallest absolute Gasteiger partial charge is 0.261 e. The fraction of sp³-hybridized carbons (Fsp3) is 0.0952. The normalized spacial score (nSPS) is 13.7. The molecule has 8 nitrogen and oxygen atoms in total. The molecule has 0 fully saturated rings. The molecular formula is C21H18ClN3O5S2. The van der Waals surface area contributed by atoms with Gasteiger partial charge < -0.3 is 5.32 Å².